The maximum Gasteiger partial charge on any atom is 0.164 e. The van der Waals surface area contributed by atoms with Gasteiger partial charge in [0.2, 0.25) is 0 Å². The van der Waals surface area contributed by atoms with Crippen LogP contribution in [0.3, 0.4) is 0 Å². The van der Waals surface area contributed by atoms with E-state index in [1.807, 2.05) is 36.3 Å². The van der Waals surface area contributed by atoms with Crippen molar-refractivity contribution in [2.24, 2.45) is 7.05 Å². The van der Waals surface area contributed by atoms with Gasteiger partial charge in [0.15, 0.2) is 5.82 Å². The van der Waals surface area contributed by atoms with Crippen molar-refractivity contribution in [3.63, 3.8) is 0 Å². The van der Waals surface area contributed by atoms with Crippen molar-refractivity contribution in [3.8, 4) is 11.4 Å². The van der Waals surface area contributed by atoms with Gasteiger partial charge >= 0.3 is 0 Å². The Labute approximate surface area is 150 Å². The van der Waals surface area contributed by atoms with E-state index in [-0.39, 0.29) is 0 Å². The molecule has 1 N–H and O–H groups in total. The zero-order chi connectivity index (χ0) is 17.5. The predicted octanol–water partition coefficient (Wildman–Crippen LogP) is 1.99. The molecule has 130 valence electrons. The molecule has 0 radical (unpaired) electrons. The molecule has 0 saturated carbocycles. The summed E-state index contributed by atoms with van der Waals surface area (Å²) in [6.07, 6.45) is 5.52. The summed E-state index contributed by atoms with van der Waals surface area (Å²) >= 11 is 0. The molecule has 7 heteroatoms. The number of nitrogens with one attached hydrogen (secondary N) is 1. The van der Waals surface area contributed by atoms with Gasteiger partial charge in [-0.3, -0.25) is 9.67 Å². The summed E-state index contributed by atoms with van der Waals surface area (Å²) in [5, 5.41) is 9.87. The molecule has 1 saturated heterocycles. The summed E-state index contributed by atoms with van der Waals surface area (Å²) in [5.41, 5.74) is 2.96. The molecule has 0 atom stereocenters. The highest BCUT2D eigenvalue weighted by Gasteiger charge is 2.19. The molecule has 1 fully saturated rings. The number of aromatic nitrogens is 5. The van der Waals surface area contributed by atoms with E-state index < -0.39 is 0 Å². The number of nitrogens with zero attached hydrogens (tertiary/aromatic N) is 6. The van der Waals surface area contributed by atoms with E-state index in [4.69, 9.17) is 9.97 Å². The van der Waals surface area contributed by atoms with Crippen molar-refractivity contribution >= 4 is 27.6 Å². The van der Waals surface area contributed by atoms with Crippen molar-refractivity contribution < 1.29 is 0 Å². The van der Waals surface area contributed by atoms with E-state index in [9.17, 15) is 0 Å². The number of hydrogen-bond acceptors (Lipinski definition) is 6. The summed E-state index contributed by atoms with van der Waals surface area (Å²) in [4.78, 5) is 16.4. The number of para-hydroxylation sites is 1. The van der Waals surface area contributed by atoms with Crippen LogP contribution in [0, 0.1) is 0 Å². The molecule has 5 rings (SSSR count). The first-order valence-electron chi connectivity index (χ1n) is 8.80. The van der Waals surface area contributed by atoms with Gasteiger partial charge in [0, 0.05) is 56.6 Å². The normalized spacial score (nSPS) is 15.0. The molecule has 0 unspecified atom stereocenters. The first kappa shape index (κ1) is 15.2. The van der Waals surface area contributed by atoms with Gasteiger partial charge in [-0.1, -0.05) is 12.1 Å². The number of pyridine rings is 1. The summed E-state index contributed by atoms with van der Waals surface area (Å²) in [6, 6.07) is 8.11. The number of fused-ring (bicyclic) bond motifs is 2. The lowest BCUT2D eigenvalue weighted by atomic mass is 10.1. The quantitative estimate of drug-likeness (QED) is 0.599. The van der Waals surface area contributed by atoms with Crippen molar-refractivity contribution in [1.29, 1.82) is 0 Å². The number of aryl methyl sites for hydroxylation is 1. The second-order valence-corrected chi connectivity index (χ2v) is 6.51. The Kier molecular flexibility index (Phi) is 3.53. The molecule has 0 aliphatic carbocycles. The van der Waals surface area contributed by atoms with Crippen LogP contribution in [-0.4, -0.2) is 50.9 Å². The first-order chi connectivity index (χ1) is 12.8. The van der Waals surface area contributed by atoms with E-state index in [1.54, 1.807) is 6.20 Å². The minimum Gasteiger partial charge on any atom is -0.353 e. The average Bonchev–Trinajstić information content (AvgIpc) is 3.09. The van der Waals surface area contributed by atoms with Crippen LogP contribution < -0.4 is 10.2 Å². The van der Waals surface area contributed by atoms with Crippen molar-refractivity contribution in [1.82, 2.24) is 30.0 Å². The Bertz CT molecular complexity index is 1100. The fourth-order valence-electron chi connectivity index (χ4n) is 3.61. The van der Waals surface area contributed by atoms with E-state index in [1.165, 1.54) is 0 Å². The summed E-state index contributed by atoms with van der Waals surface area (Å²) < 4.78 is 1.88. The second kappa shape index (κ2) is 6.03. The molecule has 1 aromatic carbocycles. The Hall–Kier alpha value is -3.06. The minimum absolute atomic E-state index is 0.728. The maximum atomic E-state index is 4.97. The van der Waals surface area contributed by atoms with Gasteiger partial charge in [0.05, 0.1) is 22.6 Å². The van der Waals surface area contributed by atoms with Gasteiger partial charge < -0.3 is 10.2 Å². The Morgan fingerprint density at radius 1 is 1.04 bits per heavy atom. The molecule has 26 heavy (non-hydrogen) atoms. The number of benzene rings is 1. The van der Waals surface area contributed by atoms with Gasteiger partial charge in [0.25, 0.3) is 0 Å². The number of rotatable bonds is 2. The molecule has 0 spiro atoms. The monoisotopic (exact) mass is 345 g/mol. The SMILES string of the molecule is Cn1ncc2cccc(-c3nc(N4CCNCC4)c4cnccc4n3)c21. The second-order valence-electron chi connectivity index (χ2n) is 6.51. The minimum atomic E-state index is 0.728. The van der Waals surface area contributed by atoms with Crippen LogP contribution in [0.4, 0.5) is 5.82 Å². The molecule has 4 heterocycles. The number of hydrogen-bond donors (Lipinski definition) is 1. The van der Waals surface area contributed by atoms with E-state index in [0.29, 0.717) is 0 Å². The Morgan fingerprint density at radius 2 is 1.92 bits per heavy atom. The number of anilines is 1. The van der Waals surface area contributed by atoms with Crippen LogP contribution in [0.15, 0.2) is 42.9 Å². The molecule has 0 bridgehead atoms. The van der Waals surface area contributed by atoms with Gasteiger partial charge in [0.1, 0.15) is 5.82 Å². The van der Waals surface area contributed by atoms with Crippen LogP contribution >= 0.6 is 0 Å². The lowest BCUT2D eigenvalue weighted by Crippen LogP contribution is -2.44. The van der Waals surface area contributed by atoms with Crippen molar-refractivity contribution in [2.75, 3.05) is 31.1 Å². The summed E-state index contributed by atoms with van der Waals surface area (Å²) in [7, 11) is 1.95. The predicted molar refractivity (Wildman–Crippen MR) is 102 cm³/mol. The van der Waals surface area contributed by atoms with E-state index >= 15 is 0 Å². The topological polar surface area (TPSA) is 71.8 Å². The van der Waals surface area contributed by atoms with Gasteiger partial charge in [-0.05, 0) is 12.1 Å². The number of piperazine rings is 1. The molecule has 1 aliphatic heterocycles. The third-order valence-electron chi connectivity index (χ3n) is 4.90. The van der Waals surface area contributed by atoms with E-state index in [0.717, 1.165) is 65.2 Å². The molecule has 1 aliphatic rings. The van der Waals surface area contributed by atoms with Crippen LogP contribution in [0.1, 0.15) is 0 Å². The molecule has 3 aromatic heterocycles. The zero-order valence-electron chi connectivity index (χ0n) is 14.6. The summed E-state index contributed by atoms with van der Waals surface area (Å²) in [5.74, 6) is 1.69. The smallest absolute Gasteiger partial charge is 0.164 e. The van der Waals surface area contributed by atoms with Crippen LogP contribution in [0.25, 0.3) is 33.2 Å². The van der Waals surface area contributed by atoms with Crippen molar-refractivity contribution in [2.45, 2.75) is 0 Å². The highest BCUT2D eigenvalue weighted by molar-refractivity contribution is 5.95. The van der Waals surface area contributed by atoms with Crippen LogP contribution in [-0.2, 0) is 7.05 Å². The largest absolute Gasteiger partial charge is 0.353 e. The van der Waals surface area contributed by atoms with Gasteiger partial charge in [-0.25, -0.2) is 9.97 Å². The van der Waals surface area contributed by atoms with Gasteiger partial charge in [-0.2, -0.15) is 5.10 Å². The Morgan fingerprint density at radius 3 is 2.81 bits per heavy atom. The van der Waals surface area contributed by atoms with E-state index in [2.05, 4.69) is 32.4 Å². The zero-order valence-corrected chi connectivity index (χ0v) is 14.6. The fourth-order valence-corrected chi connectivity index (χ4v) is 3.61. The molecule has 4 aromatic rings. The molecule has 7 nitrogen and oxygen atoms in total. The van der Waals surface area contributed by atoms with Crippen LogP contribution in [0.5, 0.6) is 0 Å². The average molecular weight is 345 g/mol. The third-order valence-corrected chi connectivity index (χ3v) is 4.90. The highest BCUT2D eigenvalue weighted by Crippen LogP contribution is 2.30. The van der Waals surface area contributed by atoms with Crippen molar-refractivity contribution in [3.05, 3.63) is 42.9 Å². The third kappa shape index (κ3) is 2.40. The Balaban J connectivity index is 1.77. The lowest BCUT2D eigenvalue weighted by molar-refractivity contribution is 0.586. The standard InChI is InChI=1S/C19H19N7/c1-25-17-13(11-22-25)3-2-4-14(17)18-23-16-5-6-21-12-15(16)19(24-18)26-9-7-20-8-10-26/h2-6,11-12,20H,7-10H2,1H3. The first-order valence-corrected chi connectivity index (χ1v) is 8.80. The van der Waals surface area contributed by atoms with Crippen LogP contribution in [0.2, 0.25) is 0 Å². The summed E-state index contributed by atoms with van der Waals surface area (Å²) in [6.45, 7) is 3.77. The fraction of sp³-hybridized carbons (Fsp3) is 0.263. The molecular formula is C19H19N7. The molecular weight excluding hydrogens is 326 g/mol. The highest BCUT2D eigenvalue weighted by atomic mass is 15.3. The van der Waals surface area contributed by atoms with Gasteiger partial charge in [-0.15, -0.1) is 0 Å². The maximum absolute atomic E-state index is 4.97. The lowest BCUT2D eigenvalue weighted by Gasteiger charge is -2.29. The molecule has 0 amide bonds.